The van der Waals surface area contributed by atoms with Gasteiger partial charge < -0.3 is 0 Å². The molecule has 0 amide bonds. The van der Waals surface area contributed by atoms with Crippen molar-refractivity contribution in [2.45, 2.75) is 28.9 Å². The highest BCUT2D eigenvalue weighted by Crippen LogP contribution is 2.19. The maximum absolute atomic E-state index is 12.5. The molecule has 0 aliphatic carbocycles. The Morgan fingerprint density at radius 3 is 1.62 bits per heavy atom. The van der Waals surface area contributed by atoms with Crippen LogP contribution in [0.25, 0.3) is 0 Å². The largest absolute Gasteiger partial charge is 0.332 e. The molecule has 1 aromatic rings. The summed E-state index contributed by atoms with van der Waals surface area (Å²) in [5.41, 5.74) is 0. The van der Waals surface area contributed by atoms with Gasteiger partial charge in [0.15, 0.2) is 9.84 Å². The van der Waals surface area contributed by atoms with Crippen LogP contribution < -0.4 is 0 Å². The quantitative estimate of drug-likeness (QED) is 0.778. The van der Waals surface area contributed by atoms with E-state index in [9.17, 15) is 20.7 Å². The maximum Gasteiger partial charge on any atom is 0.332 e. The summed E-state index contributed by atoms with van der Waals surface area (Å²) in [6.45, 7) is 3.02. The summed E-state index contributed by atoms with van der Waals surface area (Å²) in [6, 6.07) is 4.04. The van der Waals surface area contributed by atoms with Gasteiger partial charge in [0.05, 0.1) is 15.0 Å². The molecule has 0 saturated carbocycles. The van der Waals surface area contributed by atoms with Gasteiger partial charge in [-0.3, -0.25) is 0 Å². The molecule has 16 heavy (non-hydrogen) atoms. The normalized spacial score (nSPS) is 13.0. The Balaban J connectivity index is 3.25. The van der Waals surface area contributed by atoms with Gasteiger partial charge in [-0.1, -0.05) is 0 Å². The number of halogens is 1. The molecular weight excluding hydrogens is 255 g/mol. The van der Waals surface area contributed by atoms with Gasteiger partial charge in [0.2, 0.25) is 0 Å². The van der Waals surface area contributed by atoms with Crippen molar-refractivity contribution in [1.82, 2.24) is 0 Å². The minimum atomic E-state index is -4.78. The summed E-state index contributed by atoms with van der Waals surface area (Å²) < 4.78 is 56.9. The fraction of sp³-hybridized carbons (Fsp3) is 0.333. The highest BCUT2D eigenvalue weighted by atomic mass is 32.3. The predicted molar refractivity (Wildman–Crippen MR) is 57.1 cm³/mol. The molecule has 0 atom stereocenters. The predicted octanol–water partition coefficient (Wildman–Crippen LogP) is 1.53. The first-order valence-corrected chi connectivity index (χ1v) is 7.37. The molecule has 7 heteroatoms. The Hall–Kier alpha value is -0.950. The fourth-order valence-electron chi connectivity index (χ4n) is 1.06. The molecule has 0 aliphatic rings. The van der Waals surface area contributed by atoms with Gasteiger partial charge in [-0.15, -0.1) is 3.89 Å². The highest BCUT2D eigenvalue weighted by Gasteiger charge is 2.20. The summed E-state index contributed by atoms with van der Waals surface area (Å²) in [6.07, 6.45) is 0. The summed E-state index contributed by atoms with van der Waals surface area (Å²) in [5.74, 6) is 0. The third-order valence-corrected chi connectivity index (χ3v) is 5.06. The molecule has 0 heterocycles. The molecule has 4 nitrogen and oxygen atoms in total. The van der Waals surface area contributed by atoms with E-state index in [4.69, 9.17) is 0 Å². The minimum Gasteiger partial charge on any atom is -0.223 e. The van der Waals surface area contributed by atoms with E-state index in [0.717, 1.165) is 24.3 Å². The van der Waals surface area contributed by atoms with Crippen molar-refractivity contribution in [1.29, 1.82) is 0 Å². The lowest BCUT2D eigenvalue weighted by molar-refractivity contribution is 0.551. The Morgan fingerprint density at radius 1 is 0.938 bits per heavy atom. The van der Waals surface area contributed by atoms with Crippen LogP contribution >= 0.6 is 0 Å². The zero-order valence-electron chi connectivity index (χ0n) is 8.71. The van der Waals surface area contributed by atoms with E-state index < -0.39 is 30.2 Å². The van der Waals surface area contributed by atoms with Crippen molar-refractivity contribution in [2.24, 2.45) is 0 Å². The topological polar surface area (TPSA) is 68.3 Å². The fourth-order valence-corrected chi connectivity index (χ4v) is 2.58. The van der Waals surface area contributed by atoms with Gasteiger partial charge in [-0.2, -0.15) is 8.42 Å². The molecular formula is C9H11FO4S2. The molecule has 1 rings (SSSR count). The van der Waals surface area contributed by atoms with Gasteiger partial charge in [0.1, 0.15) is 0 Å². The van der Waals surface area contributed by atoms with E-state index in [1.54, 1.807) is 0 Å². The molecule has 0 radical (unpaired) electrons. The third-order valence-electron chi connectivity index (χ3n) is 2.05. The molecule has 0 aromatic heterocycles. The van der Waals surface area contributed by atoms with Crippen molar-refractivity contribution in [3.63, 3.8) is 0 Å². The van der Waals surface area contributed by atoms with Crippen LogP contribution in [0, 0.1) is 0 Å². The summed E-state index contributed by atoms with van der Waals surface area (Å²) in [7, 11) is -8.24. The number of hydrogen-bond donors (Lipinski definition) is 0. The van der Waals surface area contributed by atoms with E-state index in [1.807, 2.05) is 0 Å². The van der Waals surface area contributed by atoms with Gasteiger partial charge in [-0.05, 0) is 38.1 Å². The average Bonchev–Trinajstić information content (AvgIpc) is 2.16. The van der Waals surface area contributed by atoms with E-state index in [0.29, 0.717) is 0 Å². The van der Waals surface area contributed by atoms with Crippen LogP contribution in [-0.4, -0.2) is 22.1 Å². The second-order valence-corrected chi connectivity index (χ2v) is 7.35. The van der Waals surface area contributed by atoms with Gasteiger partial charge in [0.25, 0.3) is 0 Å². The molecule has 90 valence electrons. The number of benzene rings is 1. The van der Waals surface area contributed by atoms with Crippen LogP contribution in [0.3, 0.4) is 0 Å². The molecule has 0 spiro atoms. The SMILES string of the molecule is CC(C)S(=O)(=O)c1ccc(S(=O)(=O)F)cc1. The molecule has 0 aliphatic heterocycles. The van der Waals surface area contributed by atoms with Crippen LogP contribution in [0.4, 0.5) is 3.89 Å². The Labute approximate surface area is 94.2 Å². The second-order valence-electron chi connectivity index (χ2n) is 3.50. The zero-order valence-corrected chi connectivity index (χ0v) is 10.3. The summed E-state index contributed by atoms with van der Waals surface area (Å²) in [4.78, 5) is -0.565. The third kappa shape index (κ3) is 2.59. The Bertz CT molecular complexity index is 570. The van der Waals surface area contributed by atoms with E-state index in [2.05, 4.69) is 0 Å². The zero-order chi connectivity index (χ0) is 12.6. The minimum absolute atomic E-state index is 0.0186. The second kappa shape index (κ2) is 4.14. The average molecular weight is 266 g/mol. The van der Waals surface area contributed by atoms with Crippen molar-refractivity contribution in [3.8, 4) is 0 Å². The lowest BCUT2D eigenvalue weighted by Crippen LogP contribution is -2.13. The molecule has 0 unspecified atom stereocenters. The van der Waals surface area contributed by atoms with Crippen LogP contribution in [-0.2, 0) is 20.1 Å². The first kappa shape index (κ1) is 13.1. The van der Waals surface area contributed by atoms with Crippen molar-refractivity contribution < 1.29 is 20.7 Å². The Morgan fingerprint density at radius 2 is 1.31 bits per heavy atom. The first-order chi connectivity index (χ1) is 7.15. The number of hydrogen-bond acceptors (Lipinski definition) is 4. The molecule has 0 fully saturated rings. The van der Waals surface area contributed by atoms with Crippen LogP contribution in [0.15, 0.2) is 34.1 Å². The van der Waals surface area contributed by atoms with Crippen molar-refractivity contribution >= 4 is 20.1 Å². The van der Waals surface area contributed by atoms with Crippen molar-refractivity contribution in [2.75, 3.05) is 0 Å². The molecule has 0 N–H and O–H groups in total. The van der Waals surface area contributed by atoms with Crippen LogP contribution in [0.2, 0.25) is 0 Å². The summed E-state index contributed by atoms with van der Waals surface area (Å²) >= 11 is 0. The number of rotatable bonds is 3. The van der Waals surface area contributed by atoms with Gasteiger partial charge in [0, 0.05) is 0 Å². The van der Waals surface area contributed by atoms with Crippen molar-refractivity contribution in [3.05, 3.63) is 24.3 Å². The lowest BCUT2D eigenvalue weighted by atomic mass is 10.4. The molecule has 1 aromatic carbocycles. The highest BCUT2D eigenvalue weighted by molar-refractivity contribution is 7.92. The van der Waals surface area contributed by atoms with Crippen LogP contribution in [0.1, 0.15) is 13.8 Å². The lowest BCUT2D eigenvalue weighted by Gasteiger charge is -2.07. The first-order valence-electron chi connectivity index (χ1n) is 4.44. The molecule has 0 bridgehead atoms. The molecule has 0 saturated heterocycles. The summed E-state index contributed by atoms with van der Waals surface area (Å²) in [5, 5.41) is -0.611. The Kier molecular flexibility index (Phi) is 3.39. The van der Waals surface area contributed by atoms with E-state index in [-0.39, 0.29) is 4.90 Å². The van der Waals surface area contributed by atoms with E-state index >= 15 is 0 Å². The number of sulfone groups is 1. The standard InChI is InChI=1S/C9H11FO4S2/c1-7(2)15(11,12)8-3-5-9(6-4-8)16(10,13)14/h3-7H,1-2H3. The smallest absolute Gasteiger partial charge is 0.223 e. The van der Waals surface area contributed by atoms with E-state index in [1.165, 1.54) is 13.8 Å². The monoisotopic (exact) mass is 266 g/mol. The maximum atomic E-state index is 12.5. The van der Waals surface area contributed by atoms with Crippen LogP contribution in [0.5, 0.6) is 0 Å². The van der Waals surface area contributed by atoms with Gasteiger partial charge >= 0.3 is 10.2 Å². The van der Waals surface area contributed by atoms with Gasteiger partial charge in [-0.25, -0.2) is 8.42 Å².